The fraction of sp³-hybridized carbons (Fsp3) is 0.143. The third-order valence-corrected chi connectivity index (χ3v) is 7.50. The quantitative estimate of drug-likeness (QED) is 0.300. The number of hydrogen-bond donors (Lipinski definition) is 1. The number of benzene rings is 3. The van der Waals surface area contributed by atoms with Gasteiger partial charge in [-0.05, 0) is 35.6 Å². The number of Topliss-reactive ketones (excluding diaryl/α,β-unsaturated/α-hetero) is 1. The average Bonchev–Trinajstić information content (AvgIpc) is 2.89. The zero-order valence-electron chi connectivity index (χ0n) is 19.4. The number of allylic oxidation sites excluding steroid dienone is 3. The third-order valence-electron chi connectivity index (χ3n) is 6.84. The van der Waals surface area contributed by atoms with E-state index in [-0.39, 0.29) is 45.9 Å². The van der Waals surface area contributed by atoms with Crippen LogP contribution in [0.5, 0.6) is 0 Å². The van der Waals surface area contributed by atoms with Crippen molar-refractivity contribution in [1.82, 2.24) is 0 Å². The van der Waals surface area contributed by atoms with Crippen molar-refractivity contribution in [3.05, 3.63) is 127 Å². The fourth-order valence-corrected chi connectivity index (χ4v) is 5.62. The van der Waals surface area contributed by atoms with Gasteiger partial charge >= 0.3 is 0 Å². The number of anilines is 1. The summed E-state index contributed by atoms with van der Waals surface area (Å²) in [6.07, 6.45) is 0.642. The highest BCUT2D eigenvalue weighted by Gasteiger charge is 2.44. The van der Waals surface area contributed by atoms with Crippen LogP contribution in [-0.2, 0) is 4.79 Å². The number of rotatable bonds is 4. The van der Waals surface area contributed by atoms with E-state index >= 15 is 0 Å². The summed E-state index contributed by atoms with van der Waals surface area (Å²) in [7, 11) is 0. The Hall–Kier alpha value is -4.12. The number of halogens is 2. The summed E-state index contributed by atoms with van der Waals surface area (Å²) in [5, 5.41) is 22.4. The second-order valence-corrected chi connectivity index (χ2v) is 9.71. The first-order valence-corrected chi connectivity index (χ1v) is 12.3. The Morgan fingerprint density at radius 2 is 1.70 bits per heavy atom. The summed E-state index contributed by atoms with van der Waals surface area (Å²) in [4.78, 5) is 26.4. The average molecular weight is 531 g/mol. The van der Waals surface area contributed by atoms with Crippen molar-refractivity contribution in [2.45, 2.75) is 24.7 Å². The highest BCUT2D eigenvalue weighted by molar-refractivity contribution is 6.33. The maximum atomic E-state index is 13.9. The molecule has 0 fully saturated rings. The number of nitro groups is 1. The van der Waals surface area contributed by atoms with Gasteiger partial charge in [-0.15, -0.1) is 0 Å². The van der Waals surface area contributed by atoms with Crippen LogP contribution in [0.3, 0.4) is 0 Å². The van der Waals surface area contributed by atoms with Gasteiger partial charge in [0.25, 0.3) is 5.69 Å². The van der Waals surface area contributed by atoms with Gasteiger partial charge in [0.05, 0.1) is 33.2 Å². The van der Waals surface area contributed by atoms with E-state index < -0.39 is 10.8 Å². The number of carbonyl (C=O) groups is 1. The number of nitrogens with two attached hydrogens (primary N) is 1. The molecule has 1 aliphatic heterocycles. The minimum Gasteiger partial charge on any atom is -0.384 e. The van der Waals surface area contributed by atoms with Crippen molar-refractivity contribution < 1.29 is 9.72 Å². The van der Waals surface area contributed by atoms with Gasteiger partial charge < -0.3 is 5.73 Å². The molecule has 0 amide bonds. The topological polar surface area (TPSA) is 113 Å². The number of non-ortho nitro benzene ring substituents is 1. The molecule has 3 aromatic rings. The number of nitro benzene ring substituents is 1. The third kappa shape index (κ3) is 4.25. The zero-order valence-corrected chi connectivity index (χ0v) is 20.9. The minimum atomic E-state index is -0.772. The molecule has 0 spiro atoms. The molecule has 37 heavy (non-hydrogen) atoms. The van der Waals surface area contributed by atoms with Crippen LogP contribution in [0, 0.1) is 21.4 Å². The Labute approximate surface area is 223 Å². The van der Waals surface area contributed by atoms with Crippen molar-refractivity contribution in [3.63, 3.8) is 0 Å². The lowest BCUT2D eigenvalue weighted by Crippen LogP contribution is -2.40. The van der Waals surface area contributed by atoms with Crippen LogP contribution in [0.2, 0.25) is 10.0 Å². The number of carbonyl (C=O) groups excluding carboxylic acids is 1. The molecule has 0 saturated carbocycles. The molecule has 2 N–H and O–H groups in total. The van der Waals surface area contributed by atoms with E-state index in [4.69, 9.17) is 28.9 Å². The van der Waals surface area contributed by atoms with E-state index in [2.05, 4.69) is 6.07 Å². The van der Waals surface area contributed by atoms with Gasteiger partial charge in [-0.2, -0.15) is 5.26 Å². The predicted molar refractivity (Wildman–Crippen MR) is 142 cm³/mol. The molecule has 2 aliphatic rings. The van der Waals surface area contributed by atoms with Crippen molar-refractivity contribution in [1.29, 1.82) is 5.26 Å². The van der Waals surface area contributed by atoms with Gasteiger partial charge in [-0.25, -0.2) is 0 Å². The van der Waals surface area contributed by atoms with Crippen LogP contribution in [0.1, 0.15) is 35.8 Å². The molecule has 9 heteroatoms. The minimum absolute atomic E-state index is 0.0510. The number of nitriles is 1. The molecular weight excluding hydrogens is 511 g/mol. The summed E-state index contributed by atoms with van der Waals surface area (Å²) >= 11 is 13.1. The van der Waals surface area contributed by atoms with Gasteiger partial charge in [-0.1, -0.05) is 71.7 Å². The van der Waals surface area contributed by atoms with Gasteiger partial charge in [-0.3, -0.25) is 19.8 Å². The second-order valence-electron chi connectivity index (χ2n) is 8.89. The summed E-state index contributed by atoms with van der Waals surface area (Å²) in [6, 6.07) is 22.9. The van der Waals surface area contributed by atoms with Gasteiger partial charge in [0.15, 0.2) is 5.78 Å². The zero-order chi connectivity index (χ0) is 26.3. The highest BCUT2D eigenvalue weighted by atomic mass is 35.5. The molecule has 5 rings (SSSR count). The van der Waals surface area contributed by atoms with Crippen LogP contribution >= 0.6 is 23.2 Å². The molecule has 184 valence electrons. The standard InChI is InChI=1S/C28H20Cl2N4O3/c29-21-9-5-4-8-19(21)26-20(15-31)28(32)33(23-14-18(34(36)37)10-11-22(23)30)24-12-17(13-25(35)27(24)26)16-6-2-1-3-7-16/h1-11,14,17,26H,12-13,32H2/t17-,26-/m0/s1. The molecule has 2 atom stereocenters. The summed E-state index contributed by atoms with van der Waals surface area (Å²) < 4.78 is 0. The molecule has 0 unspecified atom stereocenters. The van der Waals surface area contributed by atoms with Gasteiger partial charge in [0, 0.05) is 34.8 Å². The number of hydrogen-bond acceptors (Lipinski definition) is 6. The summed E-state index contributed by atoms with van der Waals surface area (Å²) in [6.45, 7) is 0. The lowest BCUT2D eigenvalue weighted by atomic mass is 9.72. The molecule has 0 aromatic heterocycles. The molecule has 1 aliphatic carbocycles. The highest BCUT2D eigenvalue weighted by Crippen LogP contribution is 2.51. The van der Waals surface area contributed by atoms with Crippen molar-refractivity contribution in [2.24, 2.45) is 5.73 Å². The first kappa shape index (κ1) is 24.6. The second kappa shape index (κ2) is 9.74. The largest absolute Gasteiger partial charge is 0.384 e. The maximum absolute atomic E-state index is 13.9. The van der Waals surface area contributed by atoms with Crippen LogP contribution in [0.25, 0.3) is 0 Å². The van der Waals surface area contributed by atoms with E-state index in [1.807, 2.05) is 30.3 Å². The Morgan fingerprint density at radius 1 is 1.00 bits per heavy atom. The Kier molecular flexibility index (Phi) is 6.46. The van der Waals surface area contributed by atoms with E-state index in [1.165, 1.54) is 23.1 Å². The van der Waals surface area contributed by atoms with Gasteiger partial charge in [0.1, 0.15) is 5.82 Å². The Morgan fingerprint density at radius 3 is 2.38 bits per heavy atom. The van der Waals surface area contributed by atoms with Crippen LogP contribution < -0.4 is 10.6 Å². The van der Waals surface area contributed by atoms with E-state index in [0.717, 1.165) is 5.56 Å². The van der Waals surface area contributed by atoms with E-state index in [9.17, 15) is 20.2 Å². The van der Waals surface area contributed by atoms with Crippen LogP contribution in [-0.4, -0.2) is 10.7 Å². The van der Waals surface area contributed by atoms with Crippen LogP contribution in [0.15, 0.2) is 95.5 Å². The van der Waals surface area contributed by atoms with E-state index in [0.29, 0.717) is 28.3 Å². The van der Waals surface area contributed by atoms with Crippen molar-refractivity contribution in [3.8, 4) is 6.07 Å². The molecule has 0 bridgehead atoms. The van der Waals surface area contributed by atoms with Crippen molar-refractivity contribution >= 4 is 40.4 Å². The lowest BCUT2D eigenvalue weighted by Gasteiger charge is -2.42. The monoisotopic (exact) mass is 530 g/mol. The molecule has 1 heterocycles. The molecule has 7 nitrogen and oxygen atoms in total. The van der Waals surface area contributed by atoms with Crippen LogP contribution in [0.4, 0.5) is 11.4 Å². The fourth-order valence-electron chi connectivity index (χ4n) is 5.17. The predicted octanol–water partition coefficient (Wildman–Crippen LogP) is 6.60. The SMILES string of the molecule is N#CC1=C(N)N(c2cc([N+](=O)[O-])ccc2Cl)C2=C(C(=O)C[C@@H](c3ccccc3)C2)[C@H]1c1ccccc1Cl. The molecule has 3 aromatic carbocycles. The number of nitrogens with zero attached hydrogens (tertiary/aromatic N) is 3. The molecule has 0 saturated heterocycles. The smallest absolute Gasteiger partial charge is 0.271 e. The van der Waals surface area contributed by atoms with Gasteiger partial charge in [0.2, 0.25) is 0 Å². The number of ketones is 1. The van der Waals surface area contributed by atoms with Crippen molar-refractivity contribution in [2.75, 3.05) is 4.90 Å². The lowest BCUT2D eigenvalue weighted by molar-refractivity contribution is -0.384. The summed E-state index contributed by atoms with van der Waals surface area (Å²) in [5.41, 5.74) is 9.32. The molecule has 0 radical (unpaired) electrons. The van der Waals surface area contributed by atoms with E-state index in [1.54, 1.807) is 24.3 Å². The first-order chi connectivity index (χ1) is 17.8. The normalized spacial score (nSPS) is 19.5. The molecular formula is C28H20Cl2N4O3. The first-order valence-electron chi connectivity index (χ1n) is 11.5. The Balaban J connectivity index is 1.78. The Bertz CT molecular complexity index is 1540. The maximum Gasteiger partial charge on any atom is 0.271 e. The summed E-state index contributed by atoms with van der Waals surface area (Å²) in [5.74, 6) is -1.02.